The molecule has 2 fully saturated rings. The van der Waals surface area contributed by atoms with Gasteiger partial charge in [0.15, 0.2) is 17.3 Å². The third-order valence-corrected chi connectivity index (χ3v) is 7.94. The molecular formula is C32H37N9O2. The average molecular weight is 580 g/mol. The first-order chi connectivity index (χ1) is 21.1. The van der Waals surface area contributed by atoms with E-state index >= 15 is 0 Å². The van der Waals surface area contributed by atoms with Gasteiger partial charge in [-0.2, -0.15) is 5.10 Å². The van der Waals surface area contributed by atoms with Crippen molar-refractivity contribution in [2.24, 2.45) is 0 Å². The lowest BCUT2D eigenvalue weighted by atomic mass is 10.1. The Bertz CT molecular complexity index is 1670. The Hall–Kier alpha value is -4.61. The Morgan fingerprint density at radius 2 is 1.81 bits per heavy atom. The van der Waals surface area contributed by atoms with Crippen molar-refractivity contribution in [3.05, 3.63) is 78.2 Å². The number of aromatic nitrogens is 6. The van der Waals surface area contributed by atoms with Crippen LogP contribution >= 0.6 is 0 Å². The molecule has 3 N–H and O–H groups in total. The molecule has 222 valence electrons. The molecule has 0 bridgehead atoms. The number of nitrogen functional groups attached to an aromatic ring is 1. The van der Waals surface area contributed by atoms with Crippen LogP contribution in [0.5, 0.6) is 0 Å². The second-order valence-electron chi connectivity index (χ2n) is 10.8. The van der Waals surface area contributed by atoms with Crippen molar-refractivity contribution < 1.29 is 9.53 Å². The van der Waals surface area contributed by atoms with Crippen LogP contribution in [0.2, 0.25) is 0 Å². The largest absolute Gasteiger partial charge is 0.383 e. The minimum Gasteiger partial charge on any atom is -0.383 e. The van der Waals surface area contributed by atoms with Gasteiger partial charge in [-0.3, -0.25) is 9.36 Å². The highest BCUT2D eigenvalue weighted by molar-refractivity contribution is 5.83. The Morgan fingerprint density at radius 1 is 1.00 bits per heavy atom. The number of imidazole rings is 1. The second-order valence-corrected chi connectivity index (χ2v) is 10.8. The summed E-state index contributed by atoms with van der Waals surface area (Å²) in [6, 6.07) is 16.8. The second kappa shape index (κ2) is 13.1. The van der Waals surface area contributed by atoms with E-state index < -0.39 is 0 Å². The molecule has 1 amide bonds. The van der Waals surface area contributed by atoms with Crippen molar-refractivity contribution in [3.63, 3.8) is 0 Å². The number of carbonyl (C=O) groups excluding carboxylic acids is 1. The van der Waals surface area contributed by atoms with Crippen LogP contribution in [0, 0.1) is 0 Å². The molecule has 3 aliphatic rings. The van der Waals surface area contributed by atoms with Gasteiger partial charge in [-0.05, 0) is 92.7 Å². The van der Waals surface area contributed by atoms with Crippen molar-refractivity contribution in [2.45, 2.75) is 38.1 Å². The molecule has 1 aromatic carbocycles. The summed E-state index contributed by atoms with van der Waals surface area (Å²) < 4.78 is 8.33. The van der Waals surface area contributed by atoms with Crippen molar-refractivity contribution >= 4 is 23.4 Å². The molecular weight excluding hydrogens is 542 g/mol. The number of amides is 1. The van der Waals surface area contributed by atoms with Crippen LogP contribution in [0.4, 0.5) is 5.82 Å². The van der Waals surface area contributed by atoms with E-state index in [4.69, 9.17) is 15.7 Å². The van der Waals surface area contributed by atoms with Gasteiger partial charge < -0.3 is 20.7 Å². The smallest absolute Gasteiger partial charge is 0.209 e. The minimum atomic E-state index is 0.447. The van der Waals surface area contributed by atoms with Gasteiger partial charge in [0.05, 0.1) is 18.8 Å². The van der Waals surface area contributed by atoms with Gasteiger partial charge in [0.25, 0.3) is 0 Å². The summed E-state index contributed by atoms with van der Waals surface area (Å²) in [5.74, 6) is 1.92. The number of aryl methyl sites for hydroxylation is 2. The van der Waals surface area contributed by atoms with E-state index in [2.05, 4.69) is 42.9 Å². The van der Waals surface area contributed by atoms with Crippen LogP contribution in [0.1, 0.15) is 30.4 Å². The topological polar surface area (TPSA) is 132 Å². The van der Waals surface area contributed by atoms with E-state index in [1.807, 2.05) is 48.5 Å². The fourth-order valence-electron chi connectivity index (χ4n) is 5.50. The van der Waals surface area contributed by atoms with E-state index in [0.29, 0.717) is 11.9 Å². The maximum absolute atomic E-state index is 10.3. The molecule has 2 saturated heterocycles. The number of likely N-dealkylation sites (tertiary alicyclic amines) is 1. The van der Waals surface area contributed by atoms with Crippen LogP contribution in [0.15, 0.2) is 67.1 Å². The molecule has 4 aromatic heterocycles. The number of epoxide rings is 1. The van der Waals surface area contributed by atoms with E-state index in [-0.39, 0.29) is 0 Å². The van der Waals surface area contributed by atoms with Crippen molar-refractivity contribution in [1.82, 2.24) is 39.5 Å². The highest BCUT2D eigenvalue weighted by Gasteiger charge is 2.20. The zero-order valence-corrected chi connectivity index (χ0v) is 24.4. The number of piperidine rings is 1. The molecule has 0 unspecified atom stereocenters. The van der Waals surface area contributed by atoms with Crippen molar-refractivity contribution in [2.75, 3.05) is 39.1 Å². The molecule has 1 aliphatic carbocycles. The molecule has 5 aromatic rings. The molecule has 0 saturated carbocycles. The quantitative estimate of drug-likeness (QED) is 0.239. The third-order valence-electron chi connectivity index (χ3n) is 7.94. The Kier molecular flexibility index (Phi) is 8.71. The summed E-state index contributed by atoms with van der Waals surface area (Å²) >= 11 is 0. The van der Waals surface area contributed by atoms with E-state index in [1.165, 1.54) is 17.5 Å². The SMILES string of the molecule is C1CO1.CNC1CCN(C=O)CC1.Nc1ncccc1-c1nc2ccc(-n3cccn3)nc2n1-c1ccc2c(c1)CCC2. The summed E-state index contributed by atoms with van der Waals surface area (Å²) in [5.41, 5.74) is 12.4. The van der Waals surface area contributed by atoms with Gasteiger partial charge in [0, 0.05) is 43.4 Å². The number of pyridine rings is 2. The lowest BCUT2D eigenvalue weighted by molar-refractivity contribution is -0.119. The molecule has 2 aliphatic heterocycles. The number of hydrogen-bond acceptors (Lipinski definition) is 8. The summed E-state index contributed by atoms with van der Waals surface area (Å²) in [4.78, 5) is 26.1. The Morgan fingerprint density at radius 3 is 2.51 bits per heavy atom. The standard InChI is InChI=1S/C23H19N7.C7H14N2O.C2H4O/c24-21-18(6-2-11-25-21)22-27-19-9-10-20(29-13-3-12-26-29)28-23(19)30(22)17-8-7-15-4-1-5-16(15)14-17;1-8-7-2-4-9(6-10)5-3-7;1-2-3-1/h2-3,6-14H,1,4-5H2,(H2,24,25);6-8H,2-5H2,1H3;1-2H2. The van der Waals surface area contributed by atoms with Crippen LogP contribution < -0.4 is 11.1 Å². The first kappa shape index (κ1) is 28.5. The summed E-state index contributed by atoms with van der Waals surface area (Å²) in [5, 5.41) is 7.52. The molecule has 6 heterocycles. The number of carbonyl (C=O) groups is 1. The highest BCUT2D eigenvalue weighted by atomic mass is 16.6. The number of ether oxygens (including phenoxy) is 1. The van der Waals surface area contributed by atoms with Gasteiger partial charge in [-0.25, -0.2) is 19.6 Å². The lowest BCUT2D eigenvalue weighted by Gasteiger charge is -2.28. The predicted octanol–water partition coefficient (Wildman–Crippen LogP) is 3.58. The zero-order chi connectivity index (χ0) is 29.6. The average Bonchev–Trinajstić information content (AvgIpc) is 3.53. The number of nitrogens with one attached hydrogen (secondary N) is 1. The Balaban J connectivity index is 0.000000211. The van der Waals surface area contributed by atoms with Crippen molar-refractivity contribution in [3.8, 4) is 22.9 Å². The number of nitrogens with two attached hydrogens (primary N) is 1. The van der Waals surface area contributed by atoms with Gasteiger partial charge in [-0.1, -0.05) is 6.07 Å². The van der Waals surface area contributed by atoms with Gasteiger partial charge in [0.1, 0.15) is 11.3 Å². The highest BCUT2D eigenvalue weighted by Crippen LogP contribution is 2.32. The normalized spacial score (nSPS) is 15.7. The maximum atomic E-state index is 10.3. The fourth-order valence-corrected chi connectivity index (χ4v) is 5.50. The fraction of sp³-hybridized carbons (Fsp3) is 0.344. The zero-order valence-electron chi connectivity index (χ0n) is 24.4. The summed E-state index contributed by atoms with van der Waals surface area (Å²) in [6.07, 6.45) is 11.9. The van der Waals surface area contributed by atoms with Gasteiger partial charge in [0.2, 0.25) is 6.41 Å². The molecule has 43 heavy (non-hydrogen) atoms. The number of fused-ring (bicyclic) bond motifs is 2. The van der Waals surface area contributed by atoms with Crippen LogP contribution in [-0.2, 0) is 22.4 Å². The molecule has 8 rings (SSSR count). The van der Waals surface area contributed by atoms with E-state index in [9.17, 15) is 4.79 Å². The molecule has 0 atom stereocenters. The summed E-state index contributed by atoms with van der Waals surface area (Å²) in [7, 11) is 1.97. The first-order valence-electron chi connectivity index (χ1n) is 14.8. The number of anilines is 1. The molecule has 0 spiro atoms. The summed E-state index contributed by atoms with van der Waals surface area (Å²) in [6.45, 7) is 3.82. The first-order valence-corrected chi connectivity index (χ1v) is 14.8. The molecule has 11 nitrogen and oxygen atoms in total. The van der Waals surface area contributed by atoms with Crippen LogP contribution in [-0.4, -0.2) is 80.0 Å². The van der Waals surface area contributed by atoms with E-state index in [1.54, 1.807) is 17.1 Å². The minimum absolute atomic E-state index is 0.447. The lowest BCUT2D eigenvalue weighted by Crippen LogP contribution is -2.40. The third kappa shape index (κ3) is 6.58. The monoisotopic (exact) mass is 579 g/mol. The van der Waals surface area contributed by atoms with Gasteiger partial charge in [-0.15, -0.1) is 0 Å². The number of rotatable bonds is 5. The number of hydrogen-bond donors (Lipinski definition) is 2. The maximum Gasteiger partial charge on any atom is 0.209 e. The Labute approximate surface area is 250 Å². The molecule has 11 heteroatoms. The van der Waals surface area contributed by atoms with Gasteiger partial charge >= 0.3 is 0 Å². The van der Waals surface area contributed by atoms with Crippen LogP contribution in [0.25, 0.3) is 34.1 Å². The predicted molar refractivity (Wildman–Crippen MR) is 166 cm³/mol. The van der Waals surface area contributed by atoms with E-state index in [0.717, 1.165) is 92.5 Å². The van der Waals surface area contributed by atoms with Crippen molar-refractivity contribution in [1.29, 1.82) is 0 Å². The number of benzene rings is 1. The van der Waals surface area contributed by atoms with Crippen LogP contribution in [0.3, 0.4) is 0 Å². The molecule has 0 radical (unpaired) electrons. The number of nitrogens with zero attached hydrogens (tertiary/aromatic N) is 7.